The van der Waals surface area contributed by atoms with E-state index >= 15 is 0 Å². The number of terminal acetylenes is 1. The summed E-state index contributed by atoms with van der Waals surface area (Å²) in [5.74, 6) is 2.14. The van der Waals surface area contributed by atoms with Gasteiger partial charge in [0.05, 0.1) is 5.52 Å². The molecule has 0 saturated heterocycles. The SMILES string of the molecule is C#CC(=O)N[C@H]1CCC[C@H]1Nc1ncc2cc(-c3cc(C(=O)NC4CC4)c(C)cc3Cl)ccc2n1. The molecule has 35 heavy (non-hydrogen) atoms. The van der Waals surface area contributed by atoms with Crippen molar-refractivity contribution in [2.24, 2.45) is 0 Å². The van der Waals surface area contributed by atoms with Crippen molar-refractivity contribution < 1.29 is 9.59 Å². The van der Waals surface area contributed by atoms with Crippen molar-refractivity contribution in [1.29, 1.82) is 0 Å². The van der Waals surface area contributed by atoms with E-state index < -0.39 is 5.91 Å². The Morgan fingerprint density at radius 2 is 1.89 bits per heavy atom. The number of nitrogens with one attached hydrogen (secondary N) is 3. The summed E-state index contributed by atoms with van der Waals surface area (Å²) in [6, 6.07) is 9.80. The number of aromatic nitrogens is 2. The molecule has 1 aromatic heterocycles. The fraction of sp³-hybridized carbons (Fsp3) is 0.333. The highest BCUT2D eigenvalue weighted by Gasteiger charge is 2.29. The Balaban J connectivity index is 1.38. The number of aryl methyl sites for hydroxylation is 1. The number of rotatable bonds is 6. The van der Waals surface area contributed by atoms with Crippen LogP contribution in [0.2, 0.25) is 5.02 Å². The molecule has 8 heteroatoms. The van der Waals surface area contributed by atoms with E-state index in [4.69, 9.17) is 18.0 Å². The van der Waals surface area contributed by atoms with Gasteiger partial charge in [-0.15, -0.1) is 6.42 Å². The lowest BCUT2D eigenvalue weighted by atomic mass is 9.98. The summed E-state index contributed by atoms with van der Waals surface area (Å²) in [4.78, 5) is 33.4. The van der Waals surface area contributed by atoms with Crippen LogP contribution in [0.15, 0.2) is 36.5 Å². The topological polar surface area (TPSA) is 96.0 Å². The van der Waals surface area contributed by atoms with E-state index in [1.54, 1.807) is 6.20 Å². The summed E-state index contributed by atoms with van der Waals surface area (Å²) in [7, 11) is 0. The molecule has 0 spiro atoms. The summed E-state index contributed by atoms with van der Waals surface area (Å²) in [6.07, 6.45) is 11.8. The summed E-state index contributed by atoms with van der Waals surface area (Å²) in [6.45, 7) is 1.90. The van der Waals surface area contributed by atoms with Gasteiger partial charge in [0.1, 0.15) is 0 Å². The number of anilines is 1. The predicted molar refractivity (Wildman–Crippen MR) is 137 cm³/mol. The molecule has 7 nitrogen and oxygen atoms in total. The van der Waals surface area contributed by atoms with Crippen LogP contribution in [0, 0.1) is 19.3 Å². The van der Waals surface area contributed by atoms with Crippen LogP contribution < -0.4 is 16.0 Å². The van der Waals surface area contributed by atoms with Crippen molar-refractivity contribution >= 4 is 40.3 Å². The number of hydrogen-bond acceptors (Lipinski definition) is 5. The molecule has 5 rings (SSSR count). The molecule has 0 bridgehead atoms. The van der Waals surface area contributed by atoms with Crippen molar-refractivity contribution in [1.82, 2.24) is 20.6 Å². The zero-order chi connectivity index (χ0) is 24.5. The molecule has 3 N–H and O–H groups in total. The second kappa shape index (κ2) is 9.55. The first-order chi connectivity index (χ1) is 16.9. The van der Waals surface area contributed by atoms with Crippen molar-refractivity contribution in [2.75, 3.05) is 5.32 Å². The molecule has 178 valence electrons. The van der Waals surface area contributed by atoms with Crippen molar-refractivity contribution in [3.63, 3.8) is 0 Å². The molecule has 2 atom stereocenters. The van der Waals surface area contributed by atoms with E-state index in [1.165, 1.54) is 0 Å². The Kier molecular flexibility index (Phi) is 6.31. The lowest BCUT2D eigenvalue weighted by Gasteiger charge is -2.21. The van der Waals surface area contributed by atoms with Gasteiger partial charge in [-0.05, 0) is 80.3 Å². The second-order valence-corrected chi connectivity index (χ2v) is 9.68. The molecule has 0 radical (unpaired) electrons. The first-order valence-electron chi connectivity index (χ1n) is 11.8. The number of carbonyl (C=O) groups is 2. The van der Waals surface area contributed by atoms with Crippen LogP contribution in [-0.2, 0) is 4.79 Å². The van der Waals surface area contributed by atoms with Crippen LogP contribution in [0.5, 0.6) is 0 Å². The zero-order valence-electron chi connectivity index (χ0n) is 19.4. The largest absolute Gasteiger partial charge is 0.349 e. The Bertz CT molecular complexity index is 1360. The van der Waals surface area contributed by atoms with Gasteiger partial charge in [-0.3, -0.25) is 9.59 Å². The van der Waals surface area contributed by atoms with Gasteiger partial charge in [0.2, 0.25) is 5.95 Å². The van der Waals surface area contributed by atoms with E-state index in [1.807, 2.05) is 37.3 Å². The molecule has 2 fully saturated rings. The van der Waals surface area contributed by atoms with E-state index in [0.717, 1.165) is 59.7 Å². The van der Waals surface area contributed by atoms with Gasteiger partial charge in [-0.25, -0.2) is 9.97 Å². The third kappa shape index (κ3) is 5.08. The van der Waals surface area contributed by atoms with Gasteiger partial charge in [0.25, 0.3) is 11.8 Å². The highest BCUT2D eigenvalue weighted by Crippen LogP contribution is 2.33. The molecule has 1 heterocycles. The monoisotopic (exact) mass is 487 g/mol. The Labute approximate surface area is 209 Å². The minimum absolute atomic E-state index is 0.0237. The van der Waals surface area contributed by atoms with Crippen LogP contribution in [0.4, 0.5) is 5.95 Å². The second-order valence-electron chi connectivity index (χ2n) is 9.27. The fourth-order valence-corrected chi connectivity index (χ4v) is 4.91. The molecule has 2 aromatic carbocycles. The average molecular weight is 488 g/mol. The number of benzene rings is 2. The Morgan fingerprint density at radius 3 is 2.66 bits per heavy atom. The molecular weight excluding hydrogens is 462 g/mol. The highest BCUT2D eigenvalue weighted by molar-refractivity contribution is 6.33. The number of nitrogens with zero attached hydrogens (tertiary/aromatic N) is 2. The predicted octanol–water partition coefficient (Wildman–Crippen LogP) is 4.23. The molecule has 0 aliphatic heterocycles. The molecule has 2 amide bonds. The smallest absolute Gasteiger partial charge is 0.295 e. The number of halogens is 1. The van der Waals surface area contributed by atoms with Crippen molar-refractivity contribution in [2.45, 2.75) is 57.2 Å². The van der Waals surface area contributed by atoms with Crippen LogP contribution >= 0.6 is 11.6 Å². The molecule has 2 saturated carbocycles. The summed E-state index contributed by atoms with van der Waals surface area (Å²) < 4.78 is 0. The lowest BCUT2D eigenvalue weighted by molar-refractivity contribution is -0.116. The van der Waals surface area contributed by atoms with E-state index in [0.29, 0.717) is 16.5 Å². The maximum atomic E-state index is 12.7. The molecule has 3 aromatic rings. The van der Waals surface area contributed by atoms with Crippen LogP contribution in [0.3, 0.4) is 0 Å². The number of carbonyl (C=O) groups excluding carboxylic acids is 2. The normalized spacial score (nSPS) is 19.2. The van der Waals surface area contributed by atoms with Gasteiger partial charge in [-0.1, -0.05) is 17.7 Å². The van der Waals surface area contributed by atoms with E-state index in [-0.39, 0.29) is 24.0 Å². The number of amides is 2. The average Bonchev–Trinajstić information content (AvgIpc) is 3.56. The maximum Gasteiger partial charge on any atom is 0.295 e. The number of hydrogen-bond donors (Lipinski definition) is 3. The third-order valence-corrected chi connectivity index (χ3v) is 6.95. The van der Waals surface area contributed by atoms with Crippen LogP contribution in [-0.4, -0.2) is 39.9 Å². The first-order valence-corrected chi connectivity index (χ1v) is 12.2. The zero-order valence-corrected chi connectivity index (χ0v) is 20.2. The fourth-order valence-electron chi connectivity index (χ4n) is 4.58. The third-order valence-electron chi connectivity index (χ3n) is 6.64. The molecular formula is C27H26ClN5O2. The van der Waals surface area contributed by atoms with Gasteiger partial charge >= 0.3 is 0 Å². The van der Waals surface area contributed by atoms with E-state index in [9.17, 15) is 9.59 Å². The van der Waals surface area contributed by atoms with Gasteiger partial charge in [-0.2, -0.15) is 0 Å². The number of fused-ring (bicyclic) bond motifs is 1. The molecule has 2 aliphatic carbocycles. The highest BCUT2D eigenvalue weighted by atomic mass is 35.5. The Hall–Kier alpha value is -3.63. The minimum Gasteiger partial charge on any atom is -0.349 e. The lowest BCUT2D eigenvalue weighted by Crippen LogP contribution is -2.43. The Morgan fingerprint density at radius 1 is 1.09 bits per heavy atom. The van der Waals surface area contributed by atoms with Crippen molar-refractivity contribution in [3.05, 3.63) is 52.7 Å². The summed E-state index contributed by atoms with van der Waals surface area (Å²) in [5.41, 5.74) is 3.94. The van der Waals surface area contributed by atoms with Crippen LogP contribution in [0.1, 0.15) is 48.0 Å². The molecule has 0 unspecified atom stereocenters. The van der Waals surface area contributed by atoms with E-state index in [2.05, 4.69) is 31.8 Å². The minimum atomic E-state index is -0.404. The van der Waals surface area contributed by atoms with Gasteiger partial charge < -0.3 is 16.0 Å². The summed E-state index contributed by atoms with van der Waals surface area (Å²) >= 11 is 6.58. The molecule has 2 aliphatic rings. The quantitative estimate of drug-likeness (QED) is 0.452. The van der Waals surface area contributed by atoms with Gasteiger partial charge in [0, 0.05) is 45.9 Å². The van der Waals surface area contributed by atoms with Crippen LogP contribution in [0.25, 0.3) is 22.0 Å². The van der Waals surface area contributed by atoms with Gasteiger partial charge in [0.15, 0.2) is 0 Å². The maximum absolute atomic E-state index is 12.7. The standard InChI is InChI=1S/C27H26ClN5O2/c1-3-25(34)31-23-5-4-6-24(23)33-27-29-14-17-12-16(7-10-22(17)32-27)20-13-19(15(2)11-21(20)28)26(35)30-18-8-9-18/h1,7,10-14,18,23-24H,4-6,8-9H2,2H3,(H,30,35)(H,31,34)(H,29,32,33)/t23-,24+/m0/s1. The van der Waals surface area contributed by atoms with Crippen molar-refractivity contribution in [3.8, 4) is 23.5 Å². The summed E-state index contributed by atoms with van der Waals surface area (Å²) in [5, 5.41) is 10.7. The first kappa shape index (κ1) is 23.1.